The van der Waals surface area contributed by atoms with E-state index in [1.54, 1.807) is 24.3 Å². The topological polar surface area (TPSA) is 67.4 Å². The van der Waals surface area contributed by atoms with Gasteiger partial charge in [-0.25, -0.2) is 0 Å². The fourth-order valence-corrected chi connectivity index (χ4v) is 2.50. The van der Waals surface area contributed by atoms with Crippen LogP contribution in [0.1, 0.15) is 30.9 Å². The van der Waals surface area contributed by atoms with Crippen LogP contribution in [-0.2, 0) is 9.59 Å². The van der Waals surface area contributed by atoms with Gasteiger partial charge in [0.1, 0.15) is 5.75 Å². The Morgan fingerprint density at radius 2 is 1.96 bits per heavy atom. The van der Waals surface area contributed by atoms with Crippen LogP contribution in [0.4, 0.5) is 11.4 Å². The molecular weight excluding hydrogens is 316 g/mol. The molecule has 5 heteroatoms. The van der Waals surface area contributed by atoms with Crippen molar-refractivity contribution in [2.75, 3.05) is 17.2 Å². The molecule has 5 nitrogen and oxygen atoms in total. The van der Waals surface area contributed by atoms with Crippen molar-refractivity contribution in [1.82, 2.24) is 0 Å². The molecule has 0 radical (unpaired) electrons. The minimum absolute atomic E-state index is 0.0172. The highest BCUT2D eigenvalue weighted by atomic mass is 16.5. The minimum Gasteiger partial charge on any atom is -0.482 e. The molecule has 25 heavy (non-hydrogen) atoms. The average molecular weight is 336 g/mol. The van der Waals surface area contributed by atoms with Crippen molar-refractivity contribution in [3.8, 4) is 5.75 Å². The molecular formula is C20H20N2O3. The van der Waals surface area contributed by atoms with Gasteiger partial charge in [-0.3, -0.25) is 9.59 Å². The first-order valence-electron chi connectivity index (χ1n) is 8.17. The van der Waals surface area contributed by atoms with E-state index in [0.717, 1.165) is 5.56 Å². The number of amides is 2. The number of hydrogen-bond donors (Lipinski definition) is 2. The second-order valence-electron chi connectivity index (χ2n) is 6.19. The maximum absolute atomic E-state index is 12.1. The largest absolute Gasteiger partial charge is 0.482 e. The summed E-state index contributed by atoms with van der Waals surface area (Å²) < 4.78 is 5.34. The molecule has 2 N–H and O–H groups in total. The van der Waals surface area contributed by atoms with Crippen molar-refractivity contribution in [2.24, 2.45) is 0 Å². The summed E-state index contributed by atoms with van der Waals surface area (Å²) in [6.45, 7) is 4.27. The molecule has 3 rings (SSSR count). The Labute approximate surface area is 146 Å². The van der Waals surface area contributed by atoms with E-state index in [1.807, 2.05) is 12.1 Å². The van der Waals surface area contributed by atoms with Crippen molar-refractivity contribution in [3.05, 3.63) is 59.7 Å². The summed E-state index contributed by atoms with van der Waals surface area (Å²) in [5.74, 6) is 0.617. The van der Waals surface area contributed by atoms with Gasteiger partial charge in [-0.2, -0.15) is 0 Å². The lowest BCUT2D eigenvalue weighted by Crippen LogP contribution is -2.25. The van der Waals surface area contributed by atoms with Crippen LogP contribution in [0.25, 0.3) is 6.08 Å². The maximum Gasteiger partial charge on any atom is 0.262 e. The number of nitrogens with one attached hydrogen (secondary N) is 2. The number of ether oxygens (including phenoxy) is 1. The third kappa shape index (κ3) is 4.26. The SMILES string of the molecule is CC(C)c1ccc(/C=C/C(=O)Nc2ccc3c(c2)OCC(=O)N3)cc1. The smallest absolute Gasteiger partial charge is 0.262 e. The van der Waals surface area contributed by atoms with Gasteiger partial charge in [-0.1, -0.05) is 38.1 Å². The Bertz CT molecular complexity index is 823. The van der Waals surface area contributed by atoms with Gasteiger partial charge >= 0.3 is 0 Å². The molecule has 0 bridgehead atoms. The number of carbonyl (C=O) groups excluding carboxylic acids is 2. The normalized spacial score (nSPS) is 13.3. The zero-order valence-corrected chi connectivity index (χ0v) is 14.2. The van der Waals surface area contributed by atoms with E-state index in [0.29, 0.717) is 23.0 Å². The predicted octanol–water partition coefficient (Wildman–Crippen LogP) is 3.79. The van der Waals surface area contributed by atoms with Crippen molar-refractivity contribution < 1.29 is 14.3 Å². The molecule has 0 saturated carbocycles. The van der Waals surface area contributed by atoms with E-state index in [-0.39, 0.29) is 18.4 Å². The summed E-state index contributed by atoms with van der Waals surface area (Å²) in [4.78, 5) is 23.3. The summed E-state index contributed by atoms with van der Waals surface area (Å²) >= 11 is 0. The Hall–Kier alpha value is -3.08. The van der Waals surface area contributed by atoms with E-state index >= 15 is 0 Å². The van der Waals surface area contributed by atoms with Crippen LogP contribution in [0.15, 0.2) is 48.5 Å². The van der Waals surface area contributed by atoms with Crippen molar-refractivity contribution >= 4 is 29.3 Å². The van der Waals surface area contributed by atoms with E-state index < -0.39 is 0 Å². The lowest BCUT2D eigenvalue weighted by atomic mass is 10.0. The first-order valence-corrected chi connectivity index (χ1v) is 8.17. The third-order valence-corrected chi connectivity index (χ3v) is 3.91. The summed E-state index contributed by atoms with van der Waals surface area (Å²) in [5, 5.41) is 5.49. The Morgan fingerprint density at radius 3 is 2.68 bits per heavy atom. The minimum atomic E-state index is -0.229. The van der Waals surface area contributed by atoms with E-state index in [2.05, 4.69) is 36.6 Å². The molecule has 0 saturated heterocycles. The number of rotatable bonds is 4. The highest BCUT2D eigenvalue weighted by Gasteiger charge is 2.16. The van der Waals surface area contributed by atoms with Gasteiger partial charge in [-0.05, 0) is 35.3 Å². The van der Waals surface area contributed by atoms with E-state index in [1.165, 1.54) is 11.6 Å². The van der Waals surface area contributed by atoms with Gasteiger partial charge in [0.15, 0.2) is 6.61 Å². The summed E-state index contributed by atoms with van der Waals surface area (Å²) in [7, 11) is 0. The molecule has 0 spiro atoms. The van der Waals surface area contributed by atoms with Gasteiger partial charge in [0.05, 0.1) is 5.69 Å². The maximum atomic E-state index is 12.1. The molecule has 0 unspecified atom stereocenters. The third-order valence-electron chi connectivity index (χ3n) is 3.91. The standard InChI is InChI=1S/C20H20N2O3/c1-13(2)15-6-3-14(4-7-15)5-10-19(23)21-16-8-9-17-18(11-16)25-12-20(24)22-17/h3-11,13H,12H2,1-2H3,(H,21,23)(H,22,24)/b10-5+. The molecule has 0 aliphatic carbocycles. The second kappa shape index (κ2) is 7.21. The van der Waals surface area contributed by atoms with Crippen molar-refractivity contribution in [3.63, 3.8) is 0 Å². The molecule has 2 amide bonds. The molecule has 128 valence electrons. The summed E-state index contributed by atoms with van der Waals surface area (Å²) in [6, 6.07) is 13.2. The molecule has 2 aromatic carbocycles. The predicted molar refractivity (Wildman–Crippen MR) is 98.8 cm³/mol. The van der Waals surface area contributed by atoms with Gasteiger partial charge in [0, 0.05) is 17.8 Å². The van der Waals surface area contributed by atoms with Gasteiger partial charge < -0.3 is 15.4 Å². The molecule has 2 aromatic rings. The molecule has 0 atom stereocenters. The van der Waals surface area contributed by atoms with Gasteiger partial charge in [0.25, 0.3) is 5.91 Å². The number of anilines is 2. The van der Waals surface area contributed by atoms with Crippen LogP contribution in [0, 0.1) is 0 Å². The fourth-order valence-electron chi connectivity index (χ4n) is 2.50. The molecule has 0 fully saturated rings. The quantitative estimate of drug-likeness (QED) is 0.835. The van der Waals surface area contributed by atoms with Crippen LogP contribution in [0.2, 0.25) is 0 Å². The van der Waals surface area contributed by atoms with Crippen LogP contribution < -0.4 is 15.4 Å². The van der Waals surface area contributed by atoms with Crippen molar-refractivity contribution in [2.45, 2.75) is 19.8 Å². The Kier molecular flexibility index (Phi) is 4.84. The molecule has 1 aliphatic rings. The number of hydrogen-bond acceptors (Lipinski definition) is 3. The fraction of sp³-hybridized carbons (Fsp3) is 0.200. The number of benzene rings is 2. The zero-order valence-electron chi connectivity index (χ0n) is 14.2. The monoisotopic (exact) mass is 336 g/mol. The molecule has 0 aromatic heterocycles. The van der Waals surface area contributed by atoms with Gasteiger partial charge in [0.2, 0.25) is 5.91 Å². The first kappa shape index (κ1) is 16.8. The highest BCUT2D eigenvalue weighted by molar-refractivity contribution is 6.02. The lowest BCUT2D eigenvalue weighted by molar-refractivity contribution is -0.118. The summed E-state index contributed by atoms with van der Waals surface area (Å²) in [6.07, 6.45) is 3.26. The summed E-state index contributed by atoms with van der Waals surface area (Å²) in [5.41, 5.74) is 3.45. The van der Waals surface area contributed by atoms with E-state index in [9.17, 15) is 9.59 Å². The Balaban J connectivity index is 1.63. The Morgan fingerprint density at radius 1 is 1.20 bits per heavy atom. The highest BCUT2D eigenvalue weighted by Crippen LogP contribution is 2.30. The molecule has 1 heterocycles. The average Bonchev–Trinajstić information content (AvgIpc) is 2.60. The number of fused-ring (bicyclic) bond motifs is 1. The second-order valence-corrected chi connectivity index (χ2v) is 6.19. The van der Waals surface area contributed by atoms with E-state index in [4.69, 9.17) is 4.74 Å². The molecule has 1 aliphatic heterocycles. The van der Waals surface area contributed by atoms with Crippen LogP contribution in [0.5, 0.6) is 5.75 Å². The van der Waals surface area contributed by atoms with Gasteiger partial charge in [-0.15, -0.1) is 0 Å². The lowest BCUT2D eigenvalue weighted by Gasteiger charge is -2.18. The number of carbonyl (C=O) groups is 2. The first-order chi connectivity index (χ1) is 12.0. The zero-order chi connectivity index (χ0) is 17.8. The van der Waals surface area contributed by atoms with Crippen LogP contribution in [0.3, 0.4) is 0 Å². The van der Waals surface area contributed by atoms with Crippen molar-refractivity contribution in [1.29, 1.82) is 0 Å². The van der Waals surface area contributed by atoms with Crippen LogP contribution >= 0.6 is 0 Å². The van der Waals surface area contributed by atoms with Crippen LogP contribution in [-0.4, -0.2) is 18.4 Å².